The first-order chi connectivity index (χ1) is 6.06. The number of nitrogens with zero attached hydrogens (tertiary/aromatic N) is 2. The molecule has 0 spiro atoms. The van der Waals surface area contributed by atoms with Crippen LogP contribution in [0.2, 0.25) is 0 Å². The molecular formula is C10H23N2S+. The minimum Gasteiger partial charge on any atom is -0.324 e. The molecule has 0 aromatic rings. The number of quaternary nitrogens is 1. The summed E-state index contributed by atoms with van der Waals surface area (Å²) in [6.07, 6.45) is 0. The van der Waals surface area contributed by atoms with Crippen molar-refractivity contribution in [2.24, 2.45) is 0 Å². The third kappa shape index (κ3) is 3.49. The van der Waals surface area contributed by atoms with E-state index in [0.717, 1.165) is 6.54 Å². The largest absolute Gasteiger partial charge is 0.324 e. The van der Waals surface area contributed by atoms with E-state index in [1.807, 2.05) is 0 Å². The molecule has 1 rings (SSSR count). The van der Waals surface area contributed by atoms with Gasteiger partial charge in [-0.25, -0.2) is 0 Å². The van der Waals surface area contributed by atoms with Gasteiger partial charge in [-0.05, 0) is 6.92 Å². The smallest absolute Gasteiger partial charge is 0.0914 e. The average molecular weight is 203 g/mol. The van der Waals surface area contributed by atoms with Crippen LogP contribution in [0.15, 0.2) is 0 Å². The number of piperazine rings is 1. The van der Waals surface area contributed by atoms with Crippen LogP contribution in [0.5, 0.6) is 0 Å². The van der Waals surface area contributed by atoms with E-state index in [9.17, 15) is 0 Å². The molecular weight excluding hydrogens is 180 g/mol. The highest BCUT2D eigenvalue weighted by atomic mass is 32.1. The van der Waals surface area contributed by atoms with Crippen molar-refractivity contribution in [3.8, 4) is 0 Å². The van der Waals surface area contributed by atoms with Gasteiger partial charge in [0.25, 0.3) is 0 Å². The Bertz CT molecular complexity index is 151. The number of hydrogen-bond donors (Lipinski definition) is 1. The first-order valence-electron chi connectivity index (χ1n) is 5.30. The van der Waals surface area contributed by atoms with Crippen LogP contribution in [0, 0.1) is 0 Å². The fourth-order valence-electron chi connectivity index (χ4n) is 1.86. The van der Waals surface area contributed by atoms with E-state index in [1.54, 1.807) is 0 Å². The maximum atomic E-state index is 4.43. The van der Waals surface area contributed by atoms with Crippen molar-refractivity contribution in [3.05, 3.63) is 0 Å². The van der Waals surface area contributed by atoms with E-state index in [0.29, 0.717) is 5.25 Å². The van der Waals surface area contributed by atoms with Crippen molar-refractivity contribution in [2.75, 3.05) is 46.3 Å². The number of thiol groups is 1. The van der Waals surface area contributed by atoms with Gasteiger partial charge in [-0.1, -0.05) is 6.92 Å². The zero-order chi connectivity index (χ0) is 9.90. The second-order valence-electron chi connectivity index (χ2n) is 4.53. The Balaban J connectivity index is 2.30. The SMILES string of the molecule is CC[N+]1(C)CCN(CC(C)S)CC1. The normalized spacial score (nSPS) is 25.8. The standard InChI is InChI=1S/C10H22N2S/c1-4-12(3)7-5-11(6-8-12)9-10(2)13/h10H,4-9H2,1-3H3/p+1. The van der Waals surface area contributed by atoms with Gasteiger partial charge in [-0.2, -0.15) is 12.6 Å². The van der Waals surface area contributed by atoms with E-state index in [2.05, 4.69) is 38.4 Å². The second kappa shape index (κ2) is 4.67. The minimum absolute atomic E-state index is 0.512. The summed E-state index contributed by atoms with van der Waals surface area (Å²) in [4.78, 5) is 2.54. The fourth-order valence-corrected chi connectivity index (χ4v) is 2.09. The summed E-state index contributed by atoms with van der Waals surface area (Å²) in [5.74, 6) is 0. The summed E-state index contributed by atoms with van der Waals surface area (Å²) in [7, 11) is 2.36. The third-order valence-electron chi connectivity index (χ3n) is 3.20. The summed E-state index contributed by atoms with van der Waals surface area (Å²) in [5.41, 5.74) is 0. The molecule has 0 bridgehead atoms. The second-order valence-corrected chi connectivity index (χ2v) is 5.41. The van der Waals surface area contributed by atoms with Crippen LogP contribution in [-0.2, 0) is 0 Å². The molecule has 1 fully saturated rings. The van der Waals surface area contributed by atoms with Crippen molar-refractivity contribution in [2.45, 2.75) is 19.1 Å². The predicted octanol–water partition coefficient (Wildman–Crippen LogP) is 1.09. The van der Waals surface area contributed by atoms with E-state index >= 15 is 0 Å². The molecule has 1 aliphatic heterocycles. The quantitative estimate of drug-likeness (QED) is 0.531. The van der Waals surface area contributed by atoms with Crippen LogP contribution in [-0.4, -0.2) is 60.9 Å². The van der Waals surface area contributed by atoms with Gasteiger partial charge in [0, 0.05) is 24.9 Å². The summed E-state index contributed by atoms with van der Waals surface area (Å²) in [5, 5.41) is 0.512. The van der Waals surface area contributed by atoms with Crippen molar-refractivity contribution >= 4 is 12.6 Å². The van der Waals surface area contributed by atoms with Crippen LogP contribution in [0.4, 0.5) is 0 Å². The van der Waals surface area contributed by atoms with Gasteiger partial charge in [-0.15, -0.1) is 0 Å². The van der Waals surface area contributed by atoms with Crippen molar-refractivity contribution in [1.82, 2.24) is 4.90 Å². The fraction of sp³-hybridized carbons (Fsp3) is 1.00. The Kier molecular flexibility index (Phi) is 4.07. The number of hydrogen-bond acceptors (Lipinski definition) is 2. The van der Waals surface area contributed by atoms with Crippen LogP contribution in [0.1, 0.15) is 13.8 Å². The van der Waals surface area contributed by atoms with Crippen molar-refractivity contribution < 1.29 is 4.48 Å². The van der Waals surface area contributed by atoms with E-state index in [4.69, 9.17) is 0 Å². The number of likely N-dealkylation sites (N-methyl/N-ethyl adjacent to an activating group) is 1. The lowest BCUT2D eigenvalue weighted by molar-refractivity contribution is -0.911. The summed E-state index contributed by atoms with van der Waals surface area (Å²) in [6, 6.07) is 0. The van der Waals surface area contributed by atoms with Crippen LogP contribution in [0.25, 0.3) is 0 Å². The molecule has 3 heteroatoms. The molecule has 0 amide bonds. The molecule has 1 heterocycles. The lowest BCUT2D eigenvalue weighted by atomic mass is 10.2. The van der Waals surface area contributed by atoms with E-state index < -0.39 is 0 Å². The molecule has 0 aliphatic carbocycles. The molecule has 1 unspecified atom stereocenters. The van der Waals surface area contributed by atoms with Gasteiger partial charge in [0.05, 0.1) is 26.7 Å². The highest BCUT2D eigenvalue weighted by Gasteiger charge is 2.26. The zero-order valence-corrected chi connectivity index (χ0v) is 10.1. The number of rotatable bonds is 3. The van der Waals surface area contributed by atoms with Gasteiger partial charge >= 0.3 is 0 Å². The van der Waals surface area contributed by atoms with E-state index in [-0.39, 0.29) is 0 Å². The maximum absolute atomic E-state index is 4.43. The molecule has 2 nitrogen and oxygen atoms in total. The Morgan fingerprint density at radius 2 is 1.92 bits per heavy atom. The molecule has 0 aromatic heterocycles. The van der Waals surface area contributed by atoms with Gasteiger partial charge in [0.1, 0.15) is 0 Å². The van der Waals surface area contributed by atoms with Crippen LogP contribution in [0.3, 0.4) is 0 Å². The van der Waals surface area contributed by atoms with Gasteiger partial charge < -0.3 is 4.48 Å². The zero-order valence-electron chi connectivity index (χ0n) is 9.16. The topological polar surface area (TPSA) is 3.24 Å². The Hall–Kier alpha value is 0.270. The van der Waals surface area contributed by atoms with Gasteiger partial charge in [0.15, 0.2) is 0 Å². The molecule has 0 N–H and O–H groups in total. The van der Waals surface area contributed by atoms with Gasteiger partial charge in [0.2, 0.25) is 0 Å². The van der Waals surface area contributed by atoms with Crippen LogP contribution < -0.4 is 0 Å². The minimum atomic E-state index is 0.512. The van der Waals surface area contributed by atoms with Gasteiger partial charge in [-0.3, -0.25) is 4.90 Å². The Morgan fingerprint density at radius 1 is 1.38 bits per heavy atom. The van der Waals surface area contributed by atoms with E-state index in [1.165, 1.54) is 37.2 Å². The maximum Gasteiger partial charge on any atom is 0.0914 e. The monoisotopic (exact) mass is 203 g/mol. The first kappa shape index (κ1) is 11.3. The molecule has 0 saturated carbocycles. The summed E-state index contributed by atoms with van der Waals surface area (Å²) >= 11 is 4.43. The molecule has 1 aliphatic rings. The highest BCUT2D eigenvalue weighted by Crippen LogP contribution is 2.10. The van der Waals surface area contributed by atoms with Crippen molar-refractivity contribution in [3.63, 3.8) is 0 Å². The van der Waals surface area contributed by atoms with Crippen molar-refractivity contribution in [1.29, 1.82) is 0 Å². The summed E-state index contributed by atoms with van der Waals surface area (Å²) < 4.78 is 1.25. The first-order valence-corrected chi connectivity index (χ1v) is 5.81. The lowest BCUT2D eigenvalue weighted by Gasteiger charge is -2.41. The third-order valence-corrected chi connectivity index (χ3v) is 3.36. The predicted molar refractivity (Wildman–Crippen MR) is 61.3 cm³/mol. The molecule has 0 radical (unpaired) electrons. The molecule has 1 atom stereocenters. The Morgan fingerprint density at radius 3 is 2.31 bits per heavy atom. The molecule has 13 heavy (non-hydrogen) atoms. The Labute approximate surface area is 87.9 Å². The molecule has 78 valence electrons. The summed E-state index contributed by atoms with van der Waals surface area (Å²) in [6.45, 7) is 12.0. The molecule has 0 aromatic carbocycles. The van der Waals surface area contributed by atoms with Crippen LogP contribution >= 0.6 is 12.6 Å². The average Bonchev–Trinajstić information content (AvgIpc) is 2.09. The lowest BCUT2D eigenvalue weighted by Crippen LogP contribution is -2.57. The molecule has 1 saturated heterocycles. The highest BCUT2D eigenvalue weighted by molar-refractivity contribution is 7.80.